The van der Waals surface area contributed by atoms with Crippen molar-refractivity contribution in [3.63, 3.8) is 0 Å². The third-order valence-corrected chi connectivity index (χ3v) is 9.72. The Morgan fingerprint density at radius 2 is 1.47 bits per heavy atom. The zero-order valence-corrected chi connectivity index (χ0v) is 21.8. The maximum Gasteiger partial charge on any atom is 0.157 e. The van der Waals surface area contributed by atoms with E-state index in [2.05, 4.69) is 65.3 Å². The van der Waals surface area contributed by atoms with Crippen molar-refractivity contribution in [1.82, 2.24) is 9.80 Å². The molecule has 4 nitrogen and oxygen atoms in total. The minimum absolute atomic E-state index is 0.387. The van der Waals surface area contributed by atoms with E-state index in [0.29, 0.717) is 30.3 Å². The number of rotatable bonds is 6. The Morgan fingerprint density at radius 3 is 2.11 bits per heavy atom. The van der Waals surface area contributed by atoms with Gasteiger partial charge in [0.1, 0.15) is 11.1 Å². The van der Waals surface area contributed by atoms with Crippen LogP contribution < -0.4 is 0 Å². The van der Waals surface area contributed by atoms with Crippen LogP contribution >= 0.6 is 0 Å². The third kappa shape index (κ3) is 3.80. The van der Waals surface area contributed by atoms with Crippen molar-refractivity contribution in [2.24, 2.45) is 5.92 Å². The quantitative estimate of drug-likeness (QED) is 0.539. The molecule has 6 rings (SSSR count). The van der Waals surface area contributed by atoms with E-state index in [0.717, 1.165) is 71.1 Å². The van der Waals surface area contributed by atoms with Crippen LogP contribution in [0.3, 0.4) is 0 Å². The summed E-state index contributed by atoms with van der Waals surface area (Å²) in [5.41, 5.74) is 4.20. The molecule has 2 atom stereocenters. The molecular weight excluding hydrogens is 444 g/mol. The number of hydrogen-bond donors (Lipinski definition) is 0. The largest absolute Gasteiger partial charge is 0.297 e. The van der Waals surface area contributed by atoms with E-state index < -0.39 is 5.54 Å². The number of likely N-dealkylation sites (tertiary alicyclic amines) is 2. The molecule has 2 aromatic rings. The van der Waals surface area contributed by atoms with Gasteiger partial charge in [-0.1, -0.05) is 61.4 Å². The second-order valence-electron chi connectivity index (χ2n) is 11.8. The lowest BCUT2D eigenvalue weighted by Crippen LogP contribution is -2.63. The van der Waals surface area contributed by atoms with Crippen molar-refractivity contribution in [3.8, 4) is 0 Å². The molecule has 0 bridgehead atoms. The van der Waals surface area contributed by atoms with Gasteiger partial charge >= 0.3 is 0 Å². The molecule has 0 spiro atoms. The lowest BCUT2D eigenvalue weighted by molar-refractivity contribution is -0.142. The summed E-state index contributed by atoms with van der Waals surface area (Å²) in [5.74, 6) is 1.39. The van der Waals surface area contributed by atoms with Gasteiger partial charge in [0.05, 0.1) is 0 Å². The SMILES string of the molecule is Cc1ccccc1C1(N2CC(Cc3cccc(C4(N5CCC5)CCCCC4=O)c3)C2)CCCCC1=O. The first-order chi connectivity index (χ1) is 17.5. The van der Waals surface area contributed by atoms with Gasteiger partial charge < -0.3 is 0 Å². The van der Waals surface area contributed by atoms with E-state index in [1.54, 1.807) is 0 Å². The number of hydrogen-bond acceptors (Lipinski definition) is 4. The summed E-state index contributed by atoms with van der Waals surface area (Å²) in [5, 5.41) is 0. The average Bonchev–Trinajstić information content (AvgIpc) is 2.83. The van der Waals surface area contributed by atoms with Gasteiger partial charge in [-0.05, 0) is 73.6 Å². The molecule has 0 radical (unpaired) electrons. The number of carbonyl (C=O) groups is 2. The monoisotopic (exact) mass is 484 g/mol. The molecule has 4 fully saturated rings. The molecule has 2 saturated heterocycles. The first kappa shape index (κ1) is 24.1. The van der Waals surface area contributed by atoms with Crippen molar-refractivity contribution in [2.45, 2.75) is 82.2 Å². The number of aryl methyl sites for hydroxylation is 1. The third-order valence-electron chi connectivity index (χ3n) is 9.72. The summed E-state index contributed by atoms with van der Waals surface area (Å²) in [7, 11) is 0. The molecule has 0 N–H and O–H groups in total. The fraction of sp³-hybridized carbons (Fsp3) is 0.562. The van der Waals surface area contributed by atoms with E-state index in [1.807, 2.05) is 0 Å². The van der Waals surface area contributed by atoms with Crippen LogP contribution in [0, 0.1) is 12.8 Å². The van der Waals surface area contributed by atoms with Crippen molar-refractivity contribution < 1.29 is 9.59 Å². The normalized spacial score (nSPS) is 30.1. The standard InChI is InChI=1S/C32H40N2O2/c1-24-10-2-3-13-28(24)32(17-7-5-15-30(32)36)34-22-26(23-34)20-25-11-8-12-27(21-25)31(33-18-9-19-33)16-6-4-14-29(31)35/h2-3,8,10-13,21,26H,4-7,9,14-20,22-23H2,1H3. The van der Waals surface area contributed by atoms with Crippen LogP contribution in [-0.4, -0.2) is 47.5 Å². The fourth-order valence-corrected chi connectivity index (χ4v) is 7.67. The number of carbonyl (C=O) groups excluding carboxylic acids is 2. The Hall–Kier alpha value is -2.30. The zero-order valence-electron chi connectivity index (χ0n) is 21.8. The Balaban J connectivity index is 1.21. The van der Waals surface area contributed by atoms with E-state index >= 15 is 0 Å². The Kier molecular flexibility index (Phi) is 6.37. The lowest BCUT2D eigenvalue weighted by atomic mass is 9.70. The van der Waals surface area contributed by atoms with Gasteiger partial charge in [0, 0.05) is 39.0 Å². The summed E-state index contributed by atoms with van der Waals surface area (Å²) in [4.78, 5) is 31.7. The van der Waals surface area contributed by atoms with Gasteiger partial charge in [0.15, 0.2) is 11.6 Å². The van der Waals surface area contributed by atoms with Crippen molar-refractivity contribution >= 4 is 11.6 Å². The van der Waals surface area contributed by atoms with Gasteiger partial charge in [-0.15, -0.1) is 0 Å². The van der Waals surface area contributed by atoms with Crippen molar-refractivity contribution in [1.29, 1.82) is 0 Å². The summed E-state index contributed by atoms with van der Waals surface area (Å²) >= 11 is 0. The highest BCUT2D eigenvalue weighted by Crippen LogP contribution is 2.46. The minimum atomic E-state index is -0.433. The van der Waals surface area contributed by atoms with Crippen LogP contribution in [0.25, 0.3) is 0 Å². The summed E-state index contributed by atoms with van der Waals surface area (Å²) in [6.07, 6.45) is 9.86. The van der Waals surface area contributed by atoms with Crippen molar-refractivity contribution in [2.75, 3.05) is 26.2 Å². The molecule has 190 valence electrons. The molecule has 2 heterocycles. The Bertz CT molecular complexity index is 1150. The van der Waals surface area contributed by atoms with E-state index in [4.69, 9.17) is 0 Å². The van der Waals surface area contributed by atoms with Crippen LogP contribution in [0.4, 0.5) is 0 Å². The lowest BCUT2D eigenvalue weighted by Gasteiger charge is -2.54. The number of nitrogens with zero attached hydrogens (tertiary/aromatic N) is 2. The highest BCUT2D eigenvalue weighted by molar-refractivity contribution is 5.91. The molecule has 4 heteroatoms. The molecule has 2 aliphatic carbocycles. The second kappa shape index (κ2) is 9.54. The van der Waals surface area contributed by atoms with Crippen LogP contribution in [0.5, 0.6) is 0 Å². The van der Waals surface area contributed by atoms with E-state index in [-0.39, 0.29) is 5.54 Å². The highest BCUT2D eigenvalue weighted by atomic mass is 16.1. The second-order valence-corrected chi connectivity index (χ2v) is 11.8. The minimum Gasteiger partial charge on any atom is -0.297 e. The molecular formula is C32H40N2O2. The Morgan fingerprint density at radius 1 is 0.778 bits per heavy atom. The van der Waals surface area contributed by atoms with Crippen LogP contribution in [0.2, 0.25) is 0 Å². The summed E-state index contributed by atoms with van der Waals surface area (Å²) in [6, 6.07) is 17.5. The Labute approximate surface area is 216 Å². The van der Waals surface area contributed by atoms with Crippen molar-refractivity contribution in [3.05, 3.63) is 70.8 Å². The van der Waals surface area contributed by atoms with Gasteiger partial charge in [-0.25, -0.2) is 0 Å². The smallest absolute Gasteiger partial charge is 0.157 e. The molecule has 0 amide bonds. The zero-order chi connectivity index (χ0) is 24.8. The fourth-order valence-electron chi connectivity index (χ4n) is 7.67. The number of ketones is 2. The molecule has 36 heavy (non-hydrogen) atoms. The number of benzene rings is 2. The molecule has 2 saturated carbocycles. The van der Waals surface area contributed by atoms with Gasteiger partial charge in [0.25, 0.3) is 0 Å². The first-order valence-electron chi connectivity index (χ1n) is 14.3. The maximum atomic E-state index is 13.5. The molecule has 2 aliphatic heterocycles. The molecule has 2 unspecified atom stereocenters. The maximum absolute atomic E-state index is 13.5. The van der Waals surface area contributed by atoms with Crippen LogP contribution in [-0.2, 0) is 27.1 Å². The highest BCUT2D eigenvalue weighted by Gasteiger charge is 2.51. The van der Waals surface area contributed by atoms with Gasteiger partial charge in [-0.3, -0.25) is 19.4 Å². The van der Waals surface area contributed by atoms with Crippen LogP contribution in [0.1, 0.15) is 80.0 Å². The molecule has 0 aromatic heterocycles. The summed E-state index contributed by atoms with van der Waals surface area (Å²) < 4.78 is 0. The topological polar surface area (TPSA) is 40.6 Å². The number of Topliss-reactive ketones (excluding diaryl/α,β-unsaturated/α-hetero) is 2. The van der Waals surface area contributed by atoms with E-state index in [1.165, 1.54) is 28.7 Å². The molecule has 4 aliphatic rings. The predicted octanol–water partition coefficient (Wildman–Crippen LogP) is 5.55. The van der Waals surface area contributed by atoms with Gasteiger partial charge in [0.2, 0.25) is 0 Å². The summed E-state index contributed by atoms with van der Waals surface area (Å²) in [6.45, 7) is 6.19. The van der Waals surface area contributed by atoms with Gasteiger partial charge in [-0.2, -0.15) is 0 Å². The molecule has 2 aromatic carbocycles. The van der Waals surface area contributed by atoms with E-state index in [9.17, 15) is 9.59 Å². The first-order valence-corrected chi connectivity index (χ1v) is 14.3. The predicted molar refractivity (Wildman–Crippen MR) is 143 cm³/mol. The van der Waals surface area contributed by atoms with Crippen LogP contribution in [0.15, 0.2) is 48.5 Å². The average molecular weight is 485 g/mol.